The molecule has 1 unspecified atom stereocenters. The zero-order valence-electron chi connectivity index (χ0n) is 9.44. The van der Waals surface area contributed by atoms with Crippen molar-refractivity contribution in [3.8, 4) is 0 Å². The minimum atomic E-state index is 0.564. The van der Waals surface area contributed by atoms with E-state index in [1.807, 2.05) is 0 Å². The highest BCUT2D eigenvalue weighted by molar-refractivity contribution is 9.10. The fourth-order valence-electron chi connectivity index (χ4n) is 2.18. The molecule has 0 aliphatic carbocycles. The monoisotopic (exact) mass is 267 g/mol. The highest BCUT2D eigenvalue weighted by atomic mass is 79.9. The number of benzene rings is 1. The van der Waals surface area contributed by atoms with Gasteiger partial charge in [0, 0.05) is 10.5 Å². The van der Waals surface area contributed by atoms with Crippen LogP contribution in [0.1, 0.15) is 42.0 Å². The summed E-state index contributed by atoms with van der Waals surface area (Å²) < 4.78 is 1.24. The molecule has 1 aliphatic heterocycles. The van der Waals surface area contributed by atoms with Gasteiger partial charge in [0.05, 0.1) is 0 Å². The van der Waals surface area contributed by atoms with Gasteiger partial charge in [-0.05, 0) is 56.0 Å². The fraction of sp³-hybridized carbons (Fsp3) is 0.538. The van der Waals surface area contributed by atoms with Crippen LogP contribution in [0.15, 0.2) is 16.6 Å². The molecule has 1 saturated heterocycles. The summed E-state index contributed by atoms with van der Waals surface area (Å²) in [6.45, 7) is 5.51. The lowest BCUT2D eigenvalue weighted by atomic mass is 9.95. The first kappa shape index (κ1) is 11.2. The van der Waals surface area contributed by atoms with E-state index in [-0.39, 0.29) is 0 Å². The van der Waals surface area contributed by atoms with Crippen LogP contribution in [0.4, 0.5) is 0 Å². The molecule has 1 N–H and O–H groups in total. The molecule has 1 aromatic carbocycles. The van der Waals surface area contributed by atoms with Crippen LogP contribution < -0.4 is 5.32 Å². The van der Waals surface area contributed by atoms with Gasteiger partial charge >= 0.3 is 0 Å². The van der Waals surface area contributed by atoms with Crippen molar-refractivity contribution in [2.45, 2.75) is 39.2 Å². The number of rotatable bonds is 1. The number of hydrogen-bond acceptors (Lipinski definition) is 1. The van der Waals surface area contributed by atoms with Gasteiger partial charge in [0.1, 0.15) is 0 Å². The van der Waals surface area contributed by atoms with Crippen molar-refractivity contribution < 1.29 is 0 Å². The van der Waals surface area contributed by atoms with Crippen LogP contribution in [0.5, 0.6) is 0 Å². The van der Waals surface area contributed by atoms with Gasteiger partial charge in [-0.25, -0.2) is 0 Å². The zero-order valence-corrected chi connectivity index (χ0v) is 11.0. The first-order chi connectivity index (χ1) is 7.18. The second kappa shape index (κ2) is 4.67. The number of hydrogen-bond donors (Lipinski definition) is 1. The van der Waals surface area contributed by atoms with Gasteiger partial charge in [0.25, 0.3) is 0 Å². The first-order valence-electron chi connectivity index (χ1n) is 5.68. The molecule has 0 aromatic heterocycles. The molecular formula is C13H18BrN. The lowest BCUT2D eigenvalue weighted by molar-refractivity contribution is 0.412. The highest BCUT2D eigenvalue weighted by Crippen LogP contribution is 2.28. The Labute approximate surface area is 100 Å². The molecule has 0 spiro atoms. The van der Waals surface area contributed by atoms with Crippen molar-refractivity contribution in [3.05, 3.63) is 33.3 Å². The van der Waals surface area contributed by atoms with Crippen molar-refractivity contribution in [3.63, 3.8) is 0 Å². The molecule has 0 saturated carbocycles. The van der Waals surface area contributed by atoms with Crippen LogP contribution >= 0.6 is 15.9 Å². The normalized spacial score (nSPS) is 21.7. The number of halogens is 1. The summed E-state index contributed by atoms with van der Waals surface area (Å²) >= 11 is 3.64. The third-order valence-electron chi connectivity index (χ3n) is 3.34. The molecule has 1 fully saturated rings. The summed E-state index contributed by atoms with van der Waals surface area (Å²) in [5.41, 5.74) is 4.17. The first-order valence-corrected chi connectivity index (χ1v) is 6.48. The van der Waals surface area contributed by atoms with E-state index in [1.54, 1.807) is 0 Å². The predicted molar refractivity (Wildman–Crippen MR) is 68.2 cm³/mol. The van der Waals surface area contributed by atoms with Gasteiger partial charge in [0.2, 0.25) is 0 Å². The van der Waals surface area contributed by atoms with Crippen molar-refractivity contribution >= 4 is 15.9 Å². The Kier molecular flexibility index (Phi) is 3.47. The summed E-state index contributed by atoms with van der Waals surface area (Å²) in [6.07, 6.45) is 3.94. The number of nitrogens with one attached hydrogen (secondary N) is 1. The molecule has 0 amide bonds. The van der Waals surface area contributed by atoms with Crippen LogP contribution in [0.3, 0.4) is 0 Å². The molecule has 15 heavy (non-hydrogen) atoms. The maximum absolute atomic E-state index is 3.64. The van der Waals surface area contributed by atoms with Crippen LogP contribution in [0.25, 0.3) is 0 Å². The second-order valence-electron chi connectivity index (χ2n) is 4.45. The molecule has 82 valence electrons. The van der Waals surface area contributed by atoms with Crippen LogP contribution in [-0.2, 0) is 0 Å². The molecular weight excluding hydrogens is 250 g/mol. The Hall–Kier alpha value is -0.340. The smallest absolute Gasteiger partial charge is 0.0320 e. The maximum Gasteiger partial charge on any atom is 0.0320 e. The summed E-state index contributed by atoms with van der Waals surface area (Å²) in [5.74, 6) is 0. The van der Waals surface area contributed by atoms with Gasteiger partial charge in [-0.15, -0.1) is 0 Å². The van der Waals surface area contributed by atoms with E-state index in [0.29, 0.717) is 6.04 Å². The Balaban J connectivity index is 2.27. The molecule has 1 heterocycles. The molecule has 1 aliphatic rings. The third kappa shape index (κ3) is 2.43. The van der Waals surface area contributed by atoms with Gasteiger partial charge in [-0.3, -0.25) is 0 Å². The van der Waals surface area contributed by atoms with E-state index in [1.165, 1.54) is 40.4 Å². The van der Waals surface area contributed by atoms with Gasteiger partial charge in [-0.2, -0.15) is 0 Å². The van der Waals surface area contributed by atoms with E-state index in [9.17, 15) is 0 Å². The number of aryl methyl sites for hydroxylation is 1. The van der Waals surface area contributed by atoms with Gasteiger partial charge in [-0.1, -0.05) is 28.4 Å². The number of piperidine rings is 1. The minimum Gasteiger partial charge on any atom is -0.310 e. The lowest BCUT2D eigenvalue weighted by Crippen LogP contribution is -2.26. The second-order valence-corrected chi connectivity index (χ2v) is 5.30. The summed E-state index contributed by atoms with van der Waals surface area (Å²) in [6, 6.07) is 5.16. The van der Waals surface area contributed by atoms with Gasteiger partial charge < -0.3 is 5.32 Å². The minimum absolute atomic E-state index is 0.564. The van der Waals surface area contributed by atoms with E-state index in [4.69, 9.17) is 0 Å². The Morgan fingerprint density at radius 1 is 1.27 bits per heavy atom. The lowest BCUT2D eigenvalue weighted by Gasteiger charge is -2.24. The molecule has 1 nitrogen and oxygen atoms in total. The Morgan fingerprint density at radius 2 is 2.07 bits per heavy atom. The van der Waals surface area contributed by atoms with E-state index < -0.39 is 0 Å². The fourth-order valence-corrected chi connectivity index (χ4v) is 2.76. The molecule has 2 heteroatoms. The maximum atomic E-state index is 3.64. The molecule has 0 bridgehead atoms. The molecule has 2 rings (SSSR count). The average Bonchev–Trinajstić information content (AvgIpc) is 2.26. The third-order valence-corrected chi connectivity index (χ3v) is 4.16. The topological polar surface area (TPSA) is 12.0 Å². The van der Waals surface area contributed by atoms with Crippen LogP contribution in [-0.4, -0.2) is 6.54 Å². The van der Waals surface area contributed by atoms with Crippen molar-refractivity contribution in [1.29, 1.82) is 0 Å². The summed E-state index contributed by atoms with van der Waals surface area (Å²) in [4.78, 5) is 0. The Morgan fingerprint density at radius 3 is 2.67 bits per heavy atom. The quantitative estimate of drug-likeness (QED) is 0.815. The van der Waals surface area contributed by atoms with Crippen molar-refractivity contribution in [2.75, 3.05) is 6.54 Å². The van der Waals surface area contributed by atoms with Crippen molar-refractivity contribution in [2.24, 2.45) is 0 Å². The SMILES string of the molecule is Cc1cc(C2CCCCN2)cc(Br)c1C. The predicted octanol–water partition coefficient (Wildman–Crippen LogP) is 3.88. The van der Waals surface area contributed by atoms with Crippen LogP contribution in [0, 0.1) is 13.8 Å². The van der Waals surface area contributed by atoms with E-state index >= 15 is 0 Å². The van der Waals surface area contributed by atoms with E-state index in [0.717, 1.165) is 6.54 Å². The highest BCUT2D eigenvalue weighted by Gasteiger charge is 2.15. The summed E-state index contributed by atoms with van der Waals surface area (Å²) in [7, 11) is 0. The molecule has 1 atom stereocenters. The van der Waals surface area contributed by atoms with Crippen molar-refractivity contribution in [1.82, 2.24) is 5.32 Å². The van der Waals surface area contributed by atoms with E-state index in [2.05, 4.69) is 47.2 Å². The van der Waals surface area contributed by atoms with Crippen LogP contribution in [0.2, 0.25) is 0 Å². The average molecular weight is 268 g/mol. The zero-order chi connectivity index (χ0) is 10.8. The Bertz CT molecular complexity index is 331. The summed E-state index contributed by atoms with van der Waals surface area (Å²) in [5, 5.41) is 3.59. The standard InChI is InChI=1S/C13H18BrN/c1-9-7-11(8-12(14)10(9)2)13-5-3-4-6-15-13/h7-8,13,15H,3-6H2,1-2H3. The van der Waals surface area contributed by atoms with Gasteiger partial charge in [0.15, 0.2) is 0 Å². The molecule has 1 aromatic rings. The molecule has 0 radical (unpaired) electrons. The largest absolute Gasteiger partial charge is 0.310 e.